The number of likely N-dealkylation sites (tertiary alicyclic amines) is 1. The summed E-state index contributed by atoms with van der Waals surface area (Å²) < 4.78 is 10.4. The van der Waals surface area contributed by atoms with Crippen LogP contribution in [0.3, 0.4) is 0 Å². The van der Waals surface area contributed by atoms with Gasteiger partial charge in [-0.25, -0.2) is 4.79 Å². The van der Waals surface area contributed by atoms with Crippen LogP contribution in [0.1, 0.15) is 27.2 Å². The molecule has 138 valence electrons. The average Bonchev–Trinajstić information content (AvgIpc) is 2.84. The number of anilines is 1. The van der Waals surface area contributed by atoms with Gasteiger partial charge in [-0.1, -0.05) is 20.8 Å². The molecule has 0 radical (unpaired) electrons. The molecule has 2 N–H and O–H groups in total. The summed E-state index contributed by atoms with van der Waals surface area (Å²) in [6.07, 6.45) is 0.323. The maximum absolute atomic E-state index is 12.3. The molecule has 1 aromatic carbocycles. The molecule has 2 rings (SSSR count). The Kier molecular flexibility index (Phi) is 5.77. The van der Waals surface area contributed by atoms with E-state index in [0.29, 0.717) is 36.7 Å². The first-order chi connectivity index (χ1) is 11.7. The summed E-state index contributed by atoms with van der Waals surface area (Å²) in [5.41, 5.74) is 0.570. The minimum Gasteiger partial charge on any atom is -0.497 e. The topological polar surface area (TPSA) is 79.9 Å². The Morgan fingerprint density at radius 3 is 2.60 bits per heavy atom. The van der Waals surface area contributed by atoms with Crippen molar-refractivity contribution in [3.05, 3.63) is 18.2 Å². The van der Waals surface area contributed by atoms with Gasteiger partial charge in [0, 0.05) is 25.6 Å². The molecule has 1 saturated heterocycles. The van der Waals surface area contributed by atoms with E-state index in [1.807, 2.05) is 0 Å². The Morgan fingerprint density at radius 2 is 2.00 bits per heavy atom. The molecule has 7 heteroatoms. The van der Waals surface area contributed by atoms with E-state index in [1.165, 1.54) is 7.11 Å². The monoisotopic (exact) mass is 349 g/mol. The zero-order valence-electron chi connectivity index (χ0n) is 15.5. The number of urea groups is 1. The first-order valence-corrected chi connectivity index (χ1v) is 8.29. The van der Waals surface area contributed by atoms with Crippen molar-refractivity contribution in [1.82, 2.24) is 10.2 Å². The Hall–Kier alpha value is -2.44. The molecule has 7 nitrogen and oxygen atoms in total. The Labute approximate surface area is 148 Å². The van der Waals surface area contributed by atoms with Crippen LogP contribution in [-0.4, -0.2) is 50.2 Å². The second-order valence-corrected chi connectivity index (χ2v) is 7.40. The molecule has 1 aliphatic rings. The van der Waals surface area contributed by atoms with E-state index >= 15 is 0 Å². The summed E-state index contributed by atoms with van der Waals surface area (Å²) >= 11 is 0. The molecule has 0 saturated carbocycles. The van der Waals surface area contributed by atoms with Crippen molar-refractivity contribution in [3.63, 3.8) is 0 Å². The van der Waals surface area contributed by atoms with Crippen molar-refractivity contribution >= 4 is 17.6 Å². The van der Waals surface area contributed by atoms with Crippen molar-refractivity contribution in [1.29, 1.82) is 0 Å². The van der Waals surface area contributed by atoms with E-state index in [4.69, 9.17) is 9.47 Å². The van der Waals surface area contributed by atoms with Crippen LogP contribution in [0.5, 0.6) is 11.5 Å². The van der Waals surface area contributed by atoms with Gasteiger partial charge >= 0.3 is 6.03 Å². The third-order valence-electron chi connectivity index (χ3n) is 3.87. The number of carbonyl (C=O) groups is 2. The van der Waals surface area contributed by atoms with Gasteiger partial charge in [-0.2, -0.15) is 0 Å². The van der Waals surface area contributed by atoms with Gasteiger partial charge in [0.25, 0.3) is 0 Å². The summed E-state index contributed by atoms with van der Waals surface area (Å²) in [6.45, 7) is 7.47. The number of amides is 3. The Morgan fingerprint density at radius 1 is 1.28 bits per heavy atom. The van der Waals surface area contributed by atoms with Gasteiger partial charge in [-0.05, 0) is 17.5 Å². The molecule has 0 unspecified atom stereocenters. The lowest BCUT2D eigenvalue weighted by atomic mass is 9.96. The fraction of sp³-hybridized carbons (Fsp3) is 0.556. The molecule has 0 aromatic heterocycles. The van der Waals surface area contributed by atoms with E-state index in [-0.39, 0.29) is 23.4 Å². The van der Waals surface area contributed by atoms with E-state index in [9.17, 15) is 9.59 Å². The summed E-state index contributed by atoms with van der Waals surface area (Å²) in [7, 11) is 3.09. The number of hydrogen-bond acceptors (Lipinski definition) is 4. The van der Waals surface area contributed by atoms with Crippen LogP contribution in [0.25, 0.3) is 0 Å². The van der Waals surface area contributed by atoms with Gasteiger partial charge in [-0.3, -0.25) is 4.79 Å². The average molecular weight is 349 g/mol. The molecule has 25 heavy (non-hydrogen) atoms. The number of nitrogens with one attached hydrogen (secondary N) is 2. The fourth-order valence-corrected chi connectivity index (χ4v) is 2.84. The summed E-state index contributed by atoms with van der Waals surface area (Å²) in [5.74, 6) is 1.22. The van der Waals surface area contributed by atoms with Crippen LogP contribution in [0, 0.1) is 5.41 Å². The van der Waals surface area contributed by atoms with Crippen molar-refractivity contribution < 1.29 is 19.1 Å². The lowest BCUT2D eigenvalue weighted by molar-refractivity contribution is -0.128. The highest BCUT2D eigenvalue weighted by Crippen LogP contribution is 2.29. The van der Waals surface area contributed by atoms with Crippen LogP contribution in [0.4, 0.5) is 10.5 Å². The van der Waals surface area contributed by atoms with Crippen LogP contribution < -0.4 is 20.1 Å². The predicted octanol–water partition coefficient (Wildman–Crippen LogP) is 2.47. The van der Waals surface area contributed by atoms with Gasteiger partial charge in [0.1, 0.15) is 11.5 Å². The van der Waals surface area contributed by atoms with Gasteiger partial charge in [0.05, 0.1) is 25.9 Å². The van der Waals surface area contributed by atoms with Crippen LogP contribution in [0.2, 0.25) is 0 Å². The highest BCUT2D eigenvalue weighted by Gasteiger charge is 2.32. The molecule has 0 aliphatic carbocycles. The summed E-state index contributed by atoms with van der Waals surface area (Å²) in [5, 5.41) is 5.61. The van der Waals surface area contributed by atoms with Crippen molar-refractivity contribution in [3.8, 4) is 11.5 Å². The van der Waals surface area contributed by atoms with E-state index in [2.05, 4.69) is 31.4 Å². The molecule has 0 bridgehead atoms. The third kappa shape index (κ3) is 5.27. The van der Waals surface area contributed by atoms with Crippen LogP contribution >= 0.6 is 0 Å². The normalized spacial score (nSPS) is 17.4. The van der Waals surface area contributed by atoms with E-state index in [0.717, 1.165) is 0 Å². The number of ether oxygens (including phenoxy) is 2. The van der Waals surface area contributed by atoms with Crippen LogP contribution in [0.15, 0.2) is 18.2 Å². The molecule has 1 atom stereocenters. The predicted molar refractivity (Wildman–Crippen MR) is 96.1 cm³/mol. The first-order valence-electron chi connectivity index (χ1n) is 8.29. The molecule has 1 aromatic rings. The lowest BCUT2D eigenvalue weighted by Crippen LogP contribution is -2.41. The number of carbonyl (C=O) groups excluding carboxylic acids is 2. The highest BCUT2D eigenvalue weighted by atomic mass is 16.5. The largest absolute Gasteiger partial charge is 0.497 e. The Balaban J connectivity index is 1.94. The van der Waals surface area contributed by atoms with Crippen LogP contribution in [-0.2, 0) is 4.79 Å². The zero-order chi connectivity index (χ0) is 18.6. The van der Waals surface area contributed by atoms with Crippen molar-refractivity contribution in [2.75, 3.05) is 32.6 Å². The molecule has 3 amide bonds. The van der Waals surface area contributed by atoms with Gasteiger partial charge < -0.3 is 25.0 Å². The zero-order valence-corrected chi connectivity index (χ0v) is 15.5. The second kappa shape index (κ2) is 7.63. The van der Waals surface area contributed by atoms with Gasteiger partial charge in [-0.15, -0.1) is 0 Å². The third-order valence-corrected chi connectivity index (χ3v) is 3.87. The molecule has 0 spiro atoms. The maximum atomic E-state index is 12.3. The fourth-order valence-electron chi connectivity index (χ4n) is 2.84. The molecular weight excluding hydrogens is 322 g/mol. The standard InChI is InChI=1S/C18H27N3O4/c1-18(2,3)11-21-10-12(8-16(21)22)19-17(23)20-14-7-6-13(24-4)9-15(14)25-5/h6-7,9,12H,8,10-11H2,1-5H3,(H2,19,20,23)/t12-/m1/s1. The minimum absolute atomic E-state index is 0.0310. The minimum atomic E-state index is -0.362. The number of methoxy groups -OCH3 is 2. The first kappa shape index (κ1) is 18.9. The quantitative estimate of drug-likeness (QED) is 0.856. The molecule has 1 fully saturated rings. The summed E-state index contributed by atoms with van der Waals surface area (Å²) in [4.78, 5) is 26.1. The van der Waals surface area contributed by atoms with E-state index in [1.54, 1.807) is 30.2 Å². The number of benzene rings is 1. The smallest absolute Gasteiger partial charge is 0.319 e. The second-order valence-electron chi connectivity index (χ2n) is 7.40. The van der Waals surface area contributed by atoms with E-state index < -0.39 is 0 Å². The number of hydrogen-bond donors (Lipinski definition) is 2. The summed E-state index contributed by atoms with van der Waals surface area (Å²) in [6, 6.07) is 4.59. The van der Waals surface area contributed by atoms with Crippen molar-refractivity contribution in [2.24, 2.45) is 5.41 Å². The lowest BCUT2D eigenvalue weighted by Gasteiger charge is -2.26. The molecular formula is C18H27N3O4. The van der Waals surface area contributed by atoms with Gasteiger partial charge in [0.2, 0.25) is 5.91 Å². The number of nitrogens with zero attached hydrogens (tertiary/aromatic N) is 1. The van der Waals surface area contributed by atoms with Crippen molar-refractivity contribution in [2.45, 2.75) is 33.2 Å². The SMILES string of the molecule is COc1ccc(NC(=O)N[C@@H]2CC(=O)N(CC(C)(C)C)C2)c(OC)c1. The molecule has 1 aliphatic heterocycles. The maximum Gasteiger partial charge on any atom is 0.319 e. The highest BCUT2D eigenvalue weighted by molar-refractivity contribution is 5.92. The van der Waals surface area contributed by atoms with Gasteiger partial charge in [0.15, 0.2) is 0 Å². The Bertz CT molecular complexity index is 640. The molecule has 1 heterocycles. The number of rotatable bonds is 5.